The Labute approximate surface area is 176 Å². The fourth-order valence-electron chi connectivity index (χ4n) is 3.49. The summed E-state index contributed by atoms with van der Waals surface area (Å²) < 4.78 is 5.80. The second kappa shape index (κ2) is 11.0. The van der Waals surface area contributed by atoms with Crippen molar-refractivity contribution in [1.29, 1.82) is 0 Å². The molecule has 0 aromatic heterocycles. The Hall–Kier alpha value is -2.29. The van der Waals surface area contributed by atoms with E-state index in [0.29, 0.717) is 13.0 Å². The number of rotatable bonds is 12. The second-order valence-corrected chi connectivity index (χ2v) is 8.78. The van der Waals surface area contributed by atoms with Gasteiger partial charge in [0, 0.05) is 0 Å². The van der Waals surface area contributed by atoms with E-state index in [-0.39, 0.29) is 0 Å². The Morgan fingerprint density at radius 2 is 1.62 bits per heavy atom. The van der Waals surface area contributed by atoms with Gasteiger partial charge in [0.25, 0.3) is 0 Å². The molecule has 0 bridgehead atoms. The molecular formula is C26H36O3. The minimum atomic E-state index is -0.733. The van der Waals surface area contributed by atoms with Gasteiger partial charge in [0.15, 0.2) is 0 Å². The van der Waals surface area contributed by atoms with Crippen LogP contribution in [-0.4, -0.2) is 17.7 Å². The molecule has 0 unspecified atom stereocenters. The topological polar surface area (TPSA) is 46.5 Å². The SMILES string of the molecule is Cc1ccc(CCCCc2ccc(OCCCCC(C)(C)C(=O)O)cc2)c(C)c1. The van der Waals surface area contributed by atoms with Gasteiger partial charge in [-0.2, -0.15) is 0 Å². The second-order valence-electron chi connectivity index (χ2n) is 8.78. The van der Waals surface area contributed by atoms with E-state index in [1.54, 1.807) is 13.8 Å². The van der Waals surface area contributed by atoms with E-state index in [0.717, 1.165) is 31.4 Å². The Morgan fingerprint density at radius 3 is 2.28 bits per heavy atom. The fraction of sp³-hybridized carbons (Fsp3) is 0.500. The quantitative estimate of drug-likeness (QED) is 0.415. The molecule has 0 saturated carbocycles. The summed E-state index contributed by atoms with van der Waals surface area (Å²) in [6.07, 6.45) is 7.03. The highest BCUT2D eigenvalue weighted by Gasteiger charge is 2.25. The zero-order chi connectivity index (χ0) is 21.3. The van der Waals surface area contributed by atoms with Crippen LogP contribution in [0.15, 0.2) is 42.5 Å². The van der Waals surface area contributed by atoms with Crippen LogP contribution in [0.5, 0.6) is 5.75 Å². The zero-order valence-electron chi connectivity index (χ0n) is 18.5. The van der Waals surface area contributed by atoms with Gasteiger partial charge in [-0.15, -0.1) is 0 Å². The molecule has 0 fully saturated rings. The normalized spacial score (nSPS) is 11.4. The van der Waals surface area contributed by atoms with E-state index in [9.17, 15) is 4.79 Å². The minimum absolute atomic E-state index is 0.630. The maximum Gasteiger partial charge on any atom is 0.309 e. The third-order valence-corrected chi connectivity index (χ3v) is 5.63. The van der Waals surface area contributed by atoms with Crippen molar-refractivity contribution in [3.05, 3.63) is 64.7 Å². The Kier molecular flexibility index (Phi) is 8.75. The van der Waals surface area contributed by atoms with Gasteiger partial charge >= 0.3 is 5.97 Å². The molecule has 2 aromatic carbocycles. The molecule has 0 aliphatic carbocycles. The van der Waals surface area contributed by atoms with E-state index in [1.807, 2.05) is 12.1 Å². The highest BCUT2D eigenvalue weighted by molar-refractivity contribution is 5.73. The van der Waals surface area contributed by atoms with E-state index in [1.165, 1.54) is 35.1 Å². The molecule has 2 aromatic rings. The average molecular weight is 397 g/mol. The first-order valence-electron chi connectivity index (χ1n) is 10.8. The van der Waals surface area contributed by atoms with Gasteiger partial charge in [0.05, 0.1) is 12.0 Å². The van der Waals surface area contributed by atoms with Crippen LogP contribution >= 0.6 is 0 Å². The van der Waals surface area contributed by atoms with E-state index >= 15 is 0 Å². The lowest BCUT2D eigenvalue weighted by Gasteiger charge is -2.18. The largest absolute Gasteiger partial charge is 0.494 e. The van der Waals surface area contributed by atoms with E-state index in [4.69, 9.17) is 9.84 Å². The molecular weight excluding hydrogens is 360 g/mol. The van der Waals surface area contributed by atoms with Gasteiger partial charge in [-0.05, 0) is 101 Å². The molecule has 0 atom stereocenters. The van der Waals surface area contributed by atoms with Crippen molar-refractivity contribution < 1.29 is 14.6 Å². The number of aryl methyl sites for hydroxylation is 4. The van der Waals surface area contributed by atoms with Gasteiger partial charge < -0.3 is 9.84 Å². The highest BCUT2D eigenvalue weighted by Crippen LogP contribution is 2.23. The predicted octanol–water partition coefficient (Wildman–Crippen LogP) is 6.53. The molecule has 3 nitrogen and oxygen atoms in total. The summed E-state index contributed by atoms with van der Waals surface area (Å²) in [5.41, 5.74) is 4.89. The first kappa shape index (κ1) is 23.0. The van der Waals surface area contributed by atoms with Crippen molar-refractivity contribution in [2.24, 2.45) is 5.41 Å². The number of hydrogen-bond donors (Lipinski definition) is 1. The van der Waals surface area contributed by atoms with Crippen LogP contribution in [0.1, 0.15) is 68.2 Å². The monoisotopic (exact) mass is 396 g/mol. The van der Waals surface area contributed by atoms with Crippen LogP contribution in [0.2, 0.25) is 0 Å². The first-order chi connectivity index (χ1) is 13.8. The molecule has 2 rings (SSSR count). The van der Waals surface area contributed by atoms with Crippen LogP contribution in [0.4, 0.5) is 0 Å². The van der Waals surface area contributed by atoms with Crippen LogP contribution in [0, 0.1) is 19.3 Å². The maximum atomic E-state index is 11.1. The molecule has 0 aliphatic heterocycles. The lowest BCUT2D eigenvalue weighted by atomic mass is 9.87. The van der Waals surface area contributed by atoms with Crippen molar-refractivity contribution in [2.75, 3.05) is 6.61 Å². The summed E-state index contributed by atoms with van der Waals surface area (Å²) in [5, 5.41) is 9.13. The summed E-state index contributed by atoms with van der Waals surface area (Å²) in [6, 6.07) is 15.1. The smallest absolute Gasteiger partial charge is 0.309 e. The predicted molar refractivity (Wildman–Crippen MR) is 120 cm³/mol. The lowest BCUT2D eigenvalue weighted by molar-refractivity contribution is -0.147. The Balaban J connectivity index is 1.63. The summed E-state index contributed by atoms with van der Waals surface area (Å²) in [7, 11) is 0. The zero-order valence-corrected chi connectivity index (χ0v) is 18.5. The van der Waals surface area contributed by atoms with E-state index in [2.05, 4.69) is 44.2 Å². The third-order valence-electron chi connectivity index (χ3n) is 5.63. The standard InChI is InChI=1S/C26H36O3/c1-20-11-14-23(21(2)19-20)10-6-5-9-22-12-15-24(16-13-22)29-18-8-7-17-26(3,4)25(27)28/h11-16,19H,5-10,17-18H2,1-4H3,(H,27,28). The lowest BCUT2D eigenvalue weighted by Crippen LogP contribution is -2.23. The molecule has 0 radical (unpaired) electrons. The summed E-state index contributed by atoms with van der Waals surface area (Å²) in [5.74, 6) is 0.157. The molecule has 0 saturated heterocycles. The number of unbranched alkanes of at least 4 members (excludes halogenated alkanes) is 2. The number of benzene rings is 2. The van der Waals surface area contributed by atoms with E-state index < -0.39 is 11.4 Å². The minimum Gasteiger partial charge on any atom is -0.494 e. The van der Waals surface area contributed by atoms with Gasteiger partial charge in [0.2, 0.25) is 0 Å². The Morgan fingerprint density at radius 1 is 0.931 bits per heavy atom. The molecule has 1 N–H and O–H groups in total. The number of carboxylic acids is 1. The van der Waals surface area contributed by atoms with Crippen molar-refractivity contribution >= 4 is 5.97 Å². The van der Waals surface area contributed by atoms with Gasteiger partial charge in [-0.1, -0.05) is 35.9 Å². The van der Waals surface area contributed by atoms with Crippen molar-refractivity contribution in [1.82, 2.24) is 0 Å². The van der Waals surface area contributed by atoms with Crippen LogP contribution in [0.3, 0.4) is 0 Å². The van der Waals surface area contributed by atoms with Gasteiger partial charge in [-0.3, -0.25) is 4.79 Å². The molecule has 158 valence electrons. The molecule has 29 heavy (non-hydrogen) atoms. The fourth-order valence-corrected chi connectivity index (χ4v) is 3.49. The van der Waals surface area contributed by atoms with Crippen molar-refractivity contribution in [3.8, 4) is 5.75 Å². The molecule has 0 spiro atoms. The third kappa shape index (κ3) is 7.92. The van der Waals surface area contributed by atoms with Gasteiger partial charge in [0.1, 0.15) is 5.75 Å². The Bertz CT molecular complexity index is 775. The number of carboxylic acid groups (broad SMARTS) is 1. The average Bonchev–Trinajstić information content (AvgIpc) is 2.67. The number of ether oxygens (including phenoxy) is 1. The van der Waals surface area contributed by atoms with Crippen LogP contribution < -0.4 is 4.74 Å². The number of hydrogen-bond acceptors (Lipinski definition) is 2. The summed E-state index contributed by atoms with van der Waals surface area (Å²) in [4.78, 5) is 11.1. The highest BCUT2D eigenvalue weighted by atomic mass is 16.5. The number of aliphatic carboxylic acids is 1. The molecule has 0 amide bonds. The number of carbonyl (C=O) groups is 1. The van der Waals surface area contributed by atoms with Crippen LogP contribution in [-0.2, 0) is 17.6 Å². The summed E-state index contributed by atoms with van der Waals surface area (Å²) >= 11 is 0. The maximum absolute atomic E-state index is 11.1. The van der Waals surface area contributed by atoms with Crippen molar-refractivity contribution in [3.63, 3.8) is 0 Å². The molecule has 3 heteroatoms. The van der Waals surface area contributed by atoms with Crippen molar-refractivity contribution in [2.45, 2.75) is 72.6 Å². The molecule has 0 heterocycles. The summed E-state index contributed by atoms with van der Waals surface area (Å²) in [6.45, 7) is 8.52. The van der Waals surface area contributed by atoms with Gasteiger partial charge in [-0.25, -0.2) is 0 Å². The van der Waals surface area contributed by atoms with Crippen LogP contribution in [0.25, 0.3) is 0 Å². The molecule has 0 aliphatic rings. The first-order valence-corrected chi connectivity index (χ1v) is 10.8.